The summed E-state index contributed by atoms with van der Waals surface area (Å²) in [5, 5.41) is 2.57. The predicted molar refractivity (Wildman–Crippen MR) is 87.7 cm³/mol. The molecule has 0 aliphatic rings. The smallest absolute Gasteiger partial charge is 0.407 e. The standard InChI is InChI=1S/C18H21NO4/c1-18(2,3)23-17(21)19-13-15(12-16(20)22-4)11-10-14-8-6-5-7-9-14/h5-9,12H,13H2,1-4H3,(H,19,21)/b15-12-. The number of hydrogen-bond donors (Lipinski definition) is 1. The molecule has 122 valence electrons. The summed E-state index contributed by atoms with van der Waals surface area (Å²) in [5.41, 5.74) is 0.638. The Balaban J connectivity index is 2.79. The SMILES string of the molecule is COC(=O)/C=C(/C#Cc1ccccc1)CNC(=O)OC(C)(C)C. The third-order valence-electron chi connectivity index (χ3n) is 2.46. The minimum atomic E-state index is -0.591. The lowest BCUT2D eigenvalue weighted by Crippen LogP contribution is -2.33. The quantitative estimate of drug-likeness (QED) is 0.529. The Kier molecular flexibility index (Phi) is 6.88. The third kappa shape index (κ3) is 8.32. The highest BCUT2D eigenvalue weighted by molar-refractivity contribution is 5.84. The average molecular weight is 315 g/mol. The van der Waals surface area contributed by atoms with E-state index in [2.05, 4.69) is 21.9 Å². The van der Waals surface area contributed by atoms with Gasteiger partial charge in [-0.2, -0.15) is 0 Å². The second-order valence-electron chi connectivity index (χ2n) is 5.66. The van der Waals surface area contributed by atoms with Crippen molar-refractivity contribution in [3.05, 3.63) is 47.5 Å². The van der Waals surface area contributed by atoms with Crippen LogP contribution in [-0.4, -0.2) is 31.3 Å². The van der Waals surface area contributed by atoms with E-state index in [4.69, 9.17) is 4.74 Å². The molecule has 0 bridgehead atoms. The van der Waals surface area contributed by atoms with Gasteiger partial charge in [0.05, 0.1) is 13.7 Å². The first-order chi connectivity index (χ1) is 10.8. The molecule has 23 heavy (non-hydrogen) atoms. The number of nitrogens with one attached hydrogen (secondary N) is 1. The van der Waals surface area contributed by atoms with E-state index in [0.717, 1.165) is 5.56 Å². The highest BCUT2D eigenvalue weighted by atomic mass is 16.6. The molecule has 1 aromatic carbocycles. The zero-order valence-electron chi connectivity index (χ0n) is 13.8. The number of carbonyl (C=O) groups excluding carboxylic acids is 2. The van der Waals surface area contributed by atoms with Crippen molar-refractivity contribution in [2.45, 2.75) is 26.4 Å². The molecule has 1 aromatic rings. The molecule has 0 atom stereocenters. The molecule has 0 unspecified atom stereocenters. The molecular weight excluding hydrogens is 294 g/mol. The van der Waals surface area contributed by atoms with Crippen molar-refractivity contribution in [1.82, 2.24) is 5.32 Å². The molecule has 0 aromatic heterocycles. The maximum absolute atomic E-state index is 11.7. The number of hydrogen-bond acceptors (Lipinski definition) is 4. The maximum atomic E-state index is 11.7. The molecular formula is C18H21NO4. The lowest BCUT2D eigenvalue weighted by atomic mass is 10.2. The van der Waals surface area contributed by atoms with Crippen LogP contribution >= 0.6 is 0 Å². The van der Waals surface area contributed by atoms with Crippen LogP contribution < -0.4 is 5.32 Å². The molecule has 5 heteroatoms. The van der Waals surface area contributed by atoms with E-state index in [-0.39, 0.29) is 6.54 Å². The highest BCUT2D eigenvalue weighted by Crippen LogP contribution is 2.06. The second-order valence-corrected chi connectivity index (χ2v) is 5.66. The van der Waals surface area contributed by atoms with Crippen molar-refractivity contribution in [3.63, 3.8) is 0 Å². The summed E-state index contributed by atoms with van der Waals surface area (Å²) in [6, 6.07) is 9.33. The fourth-order valence-electron chi connectivity index (χ4n) is 1.49. The molecule has 1 amide bonds. The number of benzene rings is 1. The summed E-state index contributed by atoms with van der Waals surface area (Å²) < 4.78 is 9.73. The average Bonchev–Trinajstić information content (AvgIpc) is 2.49. The van der Waals surface area contributed by atoms with Crippen LogP contribution in [0.3, 0.4) is 0 Å². The van der Waals surface area contributed by atoms with E-state index in [0.29, 0.717) is 5.57 Å². The molecule has 0 saturated carbocycles. The molecule has 5 nitrogen and oxygen atoms in total. The van der Waals surface area contributed by atoms with E-state index >= 15 is 0 Å². The monoisotopic (exact) mass is 315 g/mol. The van der Waals surface area contributed by atoms with Crippen LogP contribution in [0.1, 0.15) is 26.3 Å². The van der Waals surface area contributed by atoms with Crippen molar-refractivity contribution in [1.29, 1.82) is 0 Å². The van der Waals surface area contributed by atoms with Crippen LogP contribution in [0.25, 0.3) is 0 Å². The van der Waals surface area contributed by atoms with Crippen molar-refractivity contribution >= 4 is 12.1 Å². The van der Waals surface area contributed by atoms with E-state index in [1.807, 2.05) is 30.3 Å². The number of esters is 1. The number of alkyl carbamates (subject to hydrolysis) is 1. The molecule has 0 heterocycles. The van der Waals surface area contributed by atoms with Gasteiger partial charge >= 0.3 is 12.1 Å². The minimum absolute atomic E-state index is 0.0733. The van der Waals surface area contributed by atoms with Gasteiger partial charge in [0.2, 0.25) is 0 Å². The zero-order chi connectivity index (χ0) is 17.3. The summed E-state index contributed by atoms with van der Waals surface area (Å²) in [6.45, 7) is 5.39. The highest BCUT2D eigenvalue weighted by Gasteiger charge is 2.15. The van der Waals surface area contributed by atoms with E-state index < -0.39 is 17.7 Å². The zero-order valence-corrected chi connectivity index (χ0v) is 13.8. The Morgan fingerprint density at radius 2 is 1.87 bits per heavy atom. The lowest BCUT2D eigenvalue weighted by molar-refractivity contribution is -0.134. The number of ether oxygens (including phenoxy) is 2. The second kappa shape index (κ2) is 8.64. The third-order valence-corrected chi connectivity index (χ3v) is 2.46. The summed E-state index contributed by atoms with van der Waals surface area (Å²) in [7, 11) is 1.28. The molecule has 0 aliphatic carbocycles. The summed E-state index contributed by atoms with van der Waals surface area (Å²) in [5.74, 6) is 5.25. The van der Waals surface area contributed by atoms with Crippen LogP contribution in [0.15, 0.2) is 42.0 Å². The van der Waals surface area contributed by atoms with Gasteiger partial charge in [-0.1, -0.05) is 30.0 Å². The Labute approximate surface area is 136 Å². The molecule has 0 saturated heterocycles. The van der Waals surface area contributed by atoms with Gasteiger partial charge in [0.1, 0.15) is 5.60 Å². The Morgan fingerprint density at radius 1 is 1.22 bits per heavy atom. The van der Waals surface area contributed by atoms with E-state index in [1.54, 1.807) is 20.8 Å². The van der Waals surface area contributed by atoms with Crippen LogP contribution in [0, 0.1) is 11.8 Å². The van der Waals surface area contributed by atoms with Gasteiger partial charge in [-0.05, 0) is 32.9 Å². The molecule has 1 rings (SSSR count). The van der Waals surface area contributed by atoms with E-state index in [1.165, 1.54) is 13.2 Å². The van der Waals surface area contributed by atoms with Crippen LogP contribution in [-0.2, 0) is 14.3 Å². The molecule has 0 spiro atoms. The first kappa shape index (κ1) is 18.3. The number of amides is 1. The van der Waals surface area contributed by atoms with Gasteiger partial charge in [-0.3, -0.25) is 0 Å². The van der Waals surface area contributed by atoms with Crippen molar-refractivity contribution in [2.75, 3.05) is 13.7 Å². The van der Waals surface area contributed by atoms with Gasteiger partial charge in [-0.25, -0.2) is 9.59 Å². The van der Waals surface area contributed by atoms with Gasteiger partial charge in [0.25, 0.3) is 0 Å². The predicted octanol–water partition coefficient (Wildman–Crippen LogP) is 2.66. The van der Waals surface area contributed by atoms with Crippen molar-refractivity contribution in [2.24, 2.45) is 0 Å². The minimum Gasteiger partial charge on any atom is -0.466 e. The summed E-state index contributed by atoms with van der Waals surface area (Å²) in [4.78, 5) is 23.1. The van der Waals surface area contributed by atoms with Gasteiger partial charge in [0.15, 0.2) is 0 Å². The number of carbonyl (C=O) groups is 2. The molecule has 0 fully saturated rings. The molecule has 0 aliphatic heterocycles. The summed E-state index contributed by atoms with van der Waals surface area (Å²) in [6.07, 6.45) is 0.669. The lowest BCUT2D eigenvalue weighted by Gasteiger charge is -2.19. The van der Waals surface area contributed by atoms with Crippen LogP contribution in [0.5, 0.6) is 0 Å². The van der Waals surface area contributed by atoms with Crippen LogP contribution in [0.2, 0.25) is 0 Å². The van der Waals surface area contributed by atoms with E-state index in [9.17, 15) is 9.59 Å². The fraction of sp³-hybridized carbons (Fsp3) is 0.333. The van der Waals surface area contributed by atoms with Gasteiger partial charge in [-0.15, -0.1) is 0 Å². The molecule has 1 N–H and O–H groups in total. The normalized spacial score (nSPS) is 11.0. The number of methoxy groups -OCH3 is 1. The Bertz CT molecular complexity index is 630. The fourth-order valence-corrected chi connectivity index (χ4v) is 1.49. The summed E-state index contributed by atoms with van der Waals surface area (Å²) >= 11 is 0. The largest absolute Gasteiger partial charge is 0.466 e. The van der Waals surface area contributed by atoms with Crippen molar-refractivity contribution < 1.29 is 19.1 Å². The topological polar surface area (TPSA) is 64.6 Å². The van der Waals surface area contributed by atoms with Gasteiger partial charge < -0.3 is 14.8 Å². The Hall–Kier alpha value is -2.74. The molecule has 0 radical (unpaired) electrons. The first-order valence-electron chi connectivity index (χ1n) is 7.12. The Morgan fingerprint density at radius 3 is 2.43 bits per heavy atom. The van der Waals surface area contributed by atoms with Gasteiger partial charge in [0, 0.05) is 17.2 Å². The van der Waals surface area contributed by atoms with Crippen molar-refractivity contribution in [3.8, 4) is 11.8 Å². The first-order valence-corrected chi connectivity index (χ1v) is 7.12. The maximum Gasteiger partial charge on any atom is 0.407 e. The van der Waals surface area contributed by atoms with Crippen LogP contribution in [0.4, 0.5) is 4.79 Å². The number of rotatable bonds is 3.